The number of hydrogen-bond acceptors (Lipinski definition) is 6. The monoisotopic (exact) mass is 641 g/mol. The van der Waals surface area contributed by atoms with E-state index in [1.165, 1.54) is 6.07 Å². The van der Waals surface area contributed by atoms with Crippen LogP contribution in [0.4, 0.5) is 4.79 Å². The van der Waals surface area contributed by atoms with Crippen LogP contribution in [0.5, 0.6) is 0 Å². The molecule has 1 atom stereocenters. The van der Waals surface area contributed by atoms with Gasteiger partial charge in [0.2, 0.25) is 15.9 Å². The number of carbonyl (C=O) groups excluding carboxylic acids is 2. The van der Waals surface area contributed by atoms with Gasteiger partial charge >= 0.3 is 6.09 Å². The number of pyridine rings is 1. The van der Waals surface area contributed by atoms with Crippen LogP contribution in [0.1, 0.15) is 61.6 Å². The molecule has 11 heteroatoms. The van der Waals surface area contributed by atoms with Gasteiger partial charge in [-0.2, -0.15) is 4.99 Å². The maximum atomic E-state index is 13.6. The van der Waals surface area contributed by atoms with E-state index in [4.69, 9.17) is 15.6 Å². The van der Waals surface area contributed by atoms with Crippen LogP contribution in [0.2, 0.25) is 0 Å². The Morgan fingerprint density at radius 2 is 1.67 bits per heavy atom. The number of rotatable bonds is 13. The van der Waals surface area contributed by atoms with Gasteiger partial charge in [-0.05, 0) is 54.3 Å². The predicted octanol–water partition coefficient (Wildman–Crippen LogP) is 5.76. The number of nitrogens with two attached hydrogens (primary N) is 2. The molecule has 46 heavy (non-hydrogen) atoms. The van der Waals surface area contributed by atoms with Crippen molar-refractivity contribution in [3.8, 4) is 11.1 Å². The van der Waals surface area contributed by atoms with Crippen LogP contribution >= 0.6 is 0 Å². The van der Waals surface area contributed by atoms with Gasteiger partial charge in [0, 0.05) is 30.4 Å². The number of nitrogens with zero attached hydrogens (tertiary/aromatic N) is 3. The lowest BCUT2D eigenvalue weighted by atomic mass is 10.0. The quantitative estimate of drug-likeness (QED) is 0.107. The van der Waals surface area contributed by atoms with Gasteiger partial charge < -0.3 is 15.4 Å². The summed E-state index contributed by atoms with van der Waals surface area (Å²) >= 11 is 0. The van der Waals surface area contributed by atoms with Gasteiger partial charge in [-0.15, -0.1) is 0 Å². The normalized spacial score (nSPS) is 12.4. The maximum Gasteiger partial charge on any atom is 0.436 e. The van der Waals surface area contributed by atoms with Crippen LogP contribution in [0, 0.1) is 0 Å². The molecule has 0 radical (unpaired) electrons. The third-order valence-corrected chi connectivity index (χ3v) is 8.36. The molecule has 4 N–H and O–H groups in total. The van der Waals surface area contributed by atoms with Gasteiger partial charge in [0.1, 0.15) is 11.9 Å². The summed E-state index contributed by atoms with van der Waals surface area (Å²) in [6, 6.07) is 26.4. The van der Waals surface area contributed by atoms with Crippen LogP contribution in [0.15, 0.2) is 107 Å². The van der Waals surface area contributed by atoms with Crippen molar-refractivity contribution < 1.29 is 22.7 Å². The van der Waals surface area contributed by atoms with Gasteiger partial charge in [0.25, 0.3) is 0 Å². The number of unbranched alkanes of at least 4 members (excludes halogenated alkanes) is 2. The molecule has 0 saturated carbocycles. The first-order valence-corrected chi connectivity index (χ1v) is 16.6. The highest BCUT2D eigenvalue weighted by Crippen LogP contribution is 2.27. The van der Waals surface area contributed by atoms with Gasteiger partial charge in [-0.3, -0.25) is 9.78 Å². The van der Waals surface area contributed by atoms with Crippen LogP contribution in [-0.2, 0) is 32.5 Å². The zero-order chi connectivity index (χ0) is 33.1. The van der Waals surface area contributed by atoms with Gasteiger partial charge in [0.05, 0.1) is 17.0 Å². The van der Waals surface area contributed by atoms with E-state index in [-0.39, 0.29) is 23.1 Å². The lowest BCUT2D eigenvalue weighted by Crippen LogP contribution is -2.33. The summed E-state index contributed by atoms with van der Waals surface area (Å²) in [6.07, 6.45) is 3.24. The summed E-state index contributed by atoms with van der Waals surface area (Å²) in [6.45, 7) is 4.75. The van der Waals surface area contributed by atoms with E-state index in [9.17, 15) is 18.0 Å². The topological polar surface area (TPSA) is 158 Å². The summed E-state index contributed by atoms with van der Waals surface area (Å²) in [5.41, 5.74) is 10.1. The second-order valence-electron chi connectivity index (χ2n) is 10.9. The molecule has 0 bridgehead atoms. The van der Waals surface area contributed by atoms with E-state index in [2.05, 4.69) is 16.9 Å². The molecule has 0 saturated heterocycles. The number of aromatic nitrogens is 1. The molecular weight excluding hydrogens is 602 g/mol. The van der Waals surface area contributed by atoms with Crippen molar-refractivity contribution in [1.82, 2.24) is 9.88 Å². The van der Waals surface area contributed by atoms with Crippen LogP contribution in [0.3, 0.4) is 0 Å². The molecule has 10 nitrogen and oxygen atoms in total. The average Bonchev–Trinajstić information content (AvgIpc) is 3.04. The zero-order valence-corrected chi connectivity index (χ0v) is 26.8. The molecule has 0 fully saturated rings. The van der Waals surface area contributed by atoms with Gasteiger partial charge in [-0.1, -0.05) is 86.5 Å². The van der Waals surface area contributed by atoms with Crippen LogP contribution in [-0.4, -0.2) is 42.7 Å². The molecule has 4 rings (SSSR count). The molecular formula is C35H39N5O5S. The number of sulfonamides is 1. The summed E-state index contributed by atoms with van der Waals surface area (Å²) in [7, 11) is -3.89. The number of carbonyl (C=O) groups is 2. The lowest BCUT2D eigenvalue weighted by Gasteiger charge is -2.23. The number of amides is 2. The molecule has 0 aliphatic carbocycles. The van der Waals surface area contributed by atoms with Crippen molar-refractivity contribution in [2.75, 3.05) is 6.54 Å². The summed E-state index contributed by atoms with van der Waals surface area (Å²) < 4.78 is 29.5. The second kappa shape index (κ2) is 15.9. The molecule has 1 unspecified atom stereocenters. The Labute approximate surface area is 270 Å². The van der Waals surface area contributed by atoms with Gasteiger partial charge in [0.15, 0.2) is 0 Å². The standard InChI is InChI=1S/C35H39N5O5S/c1-3-4-9-21-40(33(41)23-26-16-18-28(19-17-26)30-13-5-6-15-32(30)46(37,43)44)24-27-11-10-12-29(22-27)34(36)39-35(42)45-25(2)31-14-7-8-20-38-31/h5-8,10-20,22,25H,3-4,9,21,23-24H2,1-2H3,(H2,36,39,42)(H2,37,43,44). The van der Waals surface area contributed by atoms with E-state index in [0.29, 0.717) is 35.5 Å². The Hall–Kier alpha value is -4.87. The number of primary sulfonamides is 1. The molecule has 4 aromatic rings. The number of ether oxygens (including phenoxy) is 1. The molecule has 0 aliphatic heterocycles. The maximum absolute atomic E-state index is 13.6. The Balaban J connectivity index is 1.46. The zero-order valence-electron chi connectivity index (χ0n) is 26.0. The molecule has 2 amide bonds. The Bertz CT molecular complexity index is 1780. The summed E-state index contributed by atoms with van der Waals surface area (Å²) in [5, 5.41) is 5.41. The van der Waals surface area contributed by atoms with E-state index in [1.807, 2.05) is 41.3 Å². The fourth-order valence-electron chi connectivity index (χ4n) is 4.95. The number of hydrogen-bond donors (Lipinski definition) is 2. The molecule has 1 aromatic heterocycles. The largest absolute Gasteiger partial charge is 0.438 e. The highest BCUT2D eigenvalue weighted by molar-refractivity contribution is 7.89. The first-order valence-electron chi connectivity index (χ1n) is 15.1. The Morgan fingerprint density at radius 3 is 2.37 bits per heavy atom. The molecule has 1 heterocycles. The van der Waals surface area contributed by atoms with E-state index < -0.39 is 22.2 Å². The first kappa shape index (κ1) is 34.0. The minimum Gasteiger partial charge on any atom is -0.438 e. The molecule has 0 spiro atoms. The van der Waals surface area contributed by atoms with E-state index in [1.54, 1.807) is 61.7 Å². The van der Waals surface area contributed by atoms with Crippen molar-refractivity contribution in [2.24, 2.45) is 15.9 Å². The van der Waals surface area contributed by atoms with Crippen molar-refractivity contribution in [3.63, 3.8) is 0 Å². The minimum atomic E-state index is -3.89. The second-order valence-corrected chi connectivity index (χ2v) is 12.4. The third-order valence-electron chi connectivity index (χ3n) is 7.39. The summed E-state index contributed by atoms with van der Waals surface area (Å²) in [4.78, 5) is 36.0. The van der Waals surface area contributed by atoms with Crippen molar-refractivity contribution in [1.29, 1.82) is 0 Å². The fraction of sp³-hybridized carbons (Fsp3) is 0.257. The average molecular weight is 642 g/mol. The highest BCUT2D eigenvalue weighted by atomic mass is 32.2. The molecule has 240 valence electrons. The van der Waals surface area contributed by atoms with Crippen LogP contribution < -0.4 is 10.9 Å². The van der Waals surface area contributed by atoms with E-state index >= 15 is 0 Å². The fourth-order valence-corrected chi connectivity index (χ4v) is 5.71. The predicted molar refractivity (Wildman–Crippen MR) is 178 cm³/mol. The first-order chi connectivity index (χ1) is 22.0. The van der Waals surface area contributed by atoms with Crippen LogP contribution in [0.25, 0.3) is 11.1 Å². The molecule has 0 aliphatic rings. The van der Waals surface area contributed by atoms with Crippen molar-refractivity contribution >= 4 is 27.9 Å². The SMILES string of the molecule is CCCCCN(Cc1cccc(C(N)=NC(=O)OC(C)c2ccccn2)c1)C(=O)Cc1ccc(-c2ccccc2S(N)(=O)=O)cc1. The third kappa shape index (κ3) is 9.56. The van der Waals surface area contributed by atoms with Gasteiger partial charge in [-0.25, -0.2) is 18.4 Å². The minimum absolute atomic E-state index is 0.00743. The van der Waals surface area contributed by atoms with E-state index in [0.717, 1.165) is 30.4 Å². The summed E-state index contributed by atoms with van der Waals surface area (Å²) in [5.74, 6) is -0.0408. The van der Waals surface area contributed by atoms with Crippen molar-refractivity contribution in [3.05, 3.63) is 120 Å². The van der Waals surface area contributed by atoms with Crippen molar-refractivity contribution in [2.45, 2.75) is 57.1 Å². The lowest BCUT2D eigenvalue weighted by molar-refractivity contribution is -0.131. The number of amidine groups is 1. The Kier molecular flexibility index (Phi) is 11.8. The molecule has 3 aromatic carbocycles. The smallest absolute Gasteiger partial charge is 0.436 e. The Morgan fingerprint density at radius 1 is 0.935 bits per heavy atom. The number of aliphatic imine (C=N–C) groups is 1. The number of benzene rings is 3. The highest BCUT2D eigenvalue weighted by Gasteiger charge is 2.18.